The van der Waals surface area contributed by atoms with Gasteiger partial charge in [-0.15, -0.1) is 0 Å². The summed E-state index contributed by atoms with van der Waals surface area (Å²) >= 11 is 0. The van der Waals surface area contributed by atoms with Crippen LogP contribution in [0.25, 0.3) is 0 Å². The first-order chi connectivity index (χ1) is 9.63. The van der Waals surface area contributed by atoms with E-state index in [0.29, 0.717) is 18.5 Å². The van der Waals surface area contributed by atoms with Crippen LogP contribution in [0.2, 0.25) is 0 Å². The summed E-state index contributed by atoms with van der Waals surface area (Å²) in [7, 11) is 0. The fraction of sp³-hybridized carbons (Fsp3) is 0.938. The third-order valence-electron chi connectivity index (χ3n) is 5.06. The average molecular weight is 281 g/mol. The maximum atomic E-state index is 12.5. The number of rotatable bonds is 4. The van der Waals surface area contributed by atoms with E-state index in [4.69, 9.17) is 5.73 Å². The highest BCUT2D eigenvalue weighted by Crippen LogP contribution is 2.23. The number of carbonyl (C=O) groups excluding carboxylic acids is 1. The second kappa shape index (κ2) is 7.41. The van der Waals surface area contributed by atoms with Gasteiger partial charge in [-0.3, -0.25) is 4.79 Å². The molecule has 0 aromatic carbocycles. The van der Waals surface area contributed by atoms with Crippen molar-refractivity contribution in [3.63, 3.8) is 0 Å². The van der Waals surface area contributed by atoms with E-state index < -0.39 is 0 Å². The standard InChI is InChI=1S/C16H31N3O/c1-13(2)15(12-17)16(20)19-10-6-14(7-11-19)18-8-4-3-5-9-18/h13-15H,3-12,17H2,1-2H3. The van der Waals surface area contributed by atoms with Crippen molar-refractivity contribution in [3.8, 4) is 0 Å². The van der Waals surface area contributed by atoms with Gasteiger partial charge in [0, 0.05) is 25.7 Å². The molecule has 1 amide bonds. The van der Waals surface area contributed by atoms with Crippen molar-refractivity contribution in [2.24, 2.45) is 17.6 Å². The summed E-state index contributed by atoms with van der Waals surface area (Å²) in [6.45, 7) is 9.02. The first-order valence-electron chi connectivity index (χ1n) is 8.36. The van der Waals surface area contributed by atoms with Gasteiger partial charge >= 0.3 is 0 Å². The predicted octanol–water partition coefficient (Wildman–Crippen LogP) is 1.69. The second-order valence-corrected chi connectivity index (χ2v) is 6.74. The lowest BCUT2D eigenvalue weighted by Crippen LogP contribution is -2.50. The summed E-state index contributed by atoms with van der Waals surface area (Å²) in [4.78, 5) is 17.2. The number of carbonyl (C=O) groups is 1. The molecule has 0 radical (unpaired) electrons. The van der Waals surface area contributed by atoms with Crippen LogP contribution in [-0.4, -0.2) is 54.5 Å². The molecular weight excluding hydrogens is 250 g/mol. The Balaban J connectivity index is 1.82. The molecule has 2 fully saturated rings. The van der Waals surface area contributed by atoms with Crippen molar-refractivity contribution in [3.05, 3.63) is 0 Å². The topological polar surface area (TPSA) is 49.6 Å². The number of piperidine rings is 2. The zero-order valence-corrected chi connectivity index (χ0v) is 13.2. The summed E-state index contributed by atoms with van der Waals surface area (Å²) < 4.78 is 0. The largest absolute Gasteiger partial charge is 0.342 e. The predicted molar refractivity (Wildman–Crippen MR) is 82.4 cm³/mol. The monoisotopic (exact) mass is 281 g/mol. The van der Waals surface area contributed by atoms with Gasteiger partial charge in [-0.05, 0) is 44.7 Å². The Labute approximate surface area is 123 Å². The van der Waals surface area contributed by atoms with Crippen molar-refractivity contribution < 1.29 is 4.79 Å². The van der Waals surface area contributed by atoms with Crippen LogP contribution in [0.3, 0.4) is 0 Å². The highest BCUT2D eigenvalue weighted by Gasteiger charge is 2.31. The van der Waals surface area contributed by atoms with Crippen LogP contribution in [0.1, 0.15) is 46.0 Å². The number of amides is 1. The molecule has 4 nitrogen and oxygen atoms in total. The van der Waals surface area contributed by atoms with E-state index in [-0.39, 0.29) is 11.8 Å². The fourth-order valence-corrected chi connectivity index (χ4v) is 3.63. The Hall–Kier alpha value is -0.610. The van der Waals surface area contributed by atoms with Crippen molar-refractivity contribution in [2.75, 3.05) is 32.7 Å². The third-order valence-corrected chi connectivity index (χ3v) is 5.06. The van der Waals surface area contributed by atoms with Crippen LogP contribution >= 0.6 is 0 Å². The van der Waals surface area contributed by atoms with Gasteiger partial charge in [-0.2, -0.15) is 0 Å². The molecule has 2 aliphatic heterocycles. The van der Waals surface area contributed by atoms with Crippen LogP contribution in [0.4, 0.5) is 0 Å². The van der Waals surface area contributed by atoms with Crippen molar-refractivity contribution >= 4 is 5.91 Å². The number of likely N-dealkylation sites (tertiary alicyclic amines) is 2. The quantitative estimate of drug-likeness (QED) is 0.853. The minimum atomic E-state index is 0.00142. The molecule has 1 unspecified atom stereocenters. The maximum absolute atomic E-state index is 12.5. The van der Waals surface area contributed by atoms with E-state index >= 15 is 0 Å². The highest BCUT2D eigenvalue weighted by atomic mass is 16.2. The van der Waals surface area contributed by atoms with E-state index in [9.17, 15) is 4.79 Å². The van der Waals surface area contributed by atoms with Gasteiger partial charge in [0.15, 0.2) is 0 Å². The van der Waals surface area contributed by atoms with Gasteiger partial charge in [0.05, 0.1) is 5.92 Å². The van der Waals surface area contributed by atoms with Crippen LogP contribution in [0, 0.1) is 11.8 Å². The molecule has 0 bridgehead atoms. The van der Waals surface area contributed by atoms with Gasteiger partial charge in [-0.25, -0.2) is 0 Å². The SMILES string of the molecule is CC(C)C(CN)C(=O)N1CCC(N2CCCCC2)CC1. The minimum absolute atomic E-state index is 0.00142. The van der Waals surface area contributed by atoms with E-state index in [0.717, 1.165) is 25.9 Å². The molecule has 4 heteroatoms. The van der Waals surface area contributed by atoms with Crippen LogP contribution in [0.15, 0.2) is 0 Å². The van der Waals surface area contributed by atoms with Crippen molar-refractivity contribution in [2.45, 2.75) is 52.0 Å². The van der Waals surface area contributed by atoms with E-state index in [2.05, 4.69) is 23.6 Å². The Morgan fingerprint density at radius 3 is 2.20 bits per heavy atom. The molecule has 2 aliphatic rings. The molecule has 0 saturated carbocycles. The van der Waals surface area contributed by atoms with Crippen LogP contribution in [0.5, 0.6) is 0 Å². The van der Waals surface area contributed by atoms with Crippen molar-refractivity contribution in [1.82, 2.24) is 9.80 Å². The van der Waals surface area contributed by atoms with Crippen LogP contribution < -0.4 is 5.73 Å². The molecule has 0 spiro atoms. The minimum Gasteiger partial charge on any atom is -0.342 e. The zero-order chi connectivity index (χ0) is 14.5. The molecule has 1 atom stereocenters. The number of nitrogens with two attached hydrogens (primary N) is 1. The molecule has 0 aromatic rings. The molecule has 116 valence electrons. The summed E-state index contributed by atoms with van der Waals surface area (Å²) in [5.41, 5.74) is 5.77. The number of hydrogen-bond donors (Lipinski definition) is 1. The average Bonchev–Trinajstić information content (AvgIpc) is 2.48. The van der Waals surface area contributed by atoms with Crippen molar-refractivity contribution in [1.29, 1.82) is 0 Å². The third kappa shape index (κ3) is 3.73. The van der Waals surface area contributed by atoms with Crippen LogP contribution in [-0.2, 0) is 4.79 Å². The second-order valence-electron chi connectivity index (χ2n) is 6.74. The zero-order valence-electron chi connectivity index (χ0n) is 13.2. The first-order valence-corrected chi connectivity index (χ1v) is 8.36. The van der Waals surface area contributed by atoms with E-state index in [1.54, 1.807) is 0 Å². The highest BCUT2D eigenvalue weighted by molar-refractivity contribution is 5.79. The Morgan fingerprint density at radius 2 is 1.70 bits per heavy atom. The van der Waals surface area contributed by atoms with E-state index in [1.165, 1.54) is 32.4 Å². The molecule has 0 aliphatic carbocycles. The number of hydrogen-bond acceptors (Lipinski definition) is 3. The summed E-state index contributed by atoms with van der Waals surface area (Å²) in [6.07, 6.45) is 6.37. The van der Waals surface area contributed by atoms with Gasteiger partial charge in [0.2, 0.25) is 5.91 Å². The number of nitrogens with zero attached hydrogens (tertiary/aromatic N) is 2. The van der Waals surface area contributed by atoms with Gasteiger partial charge in [-0.1, -0.05) is 20.3 Å². The molecule has 2 N–H and O–H groups in total. The Kier molecular flexibility index (Phi) is 5.85. The smallest absolute Gasteiger partial charge is 0.227 e. The lowest BCUT2D eigenvalue weighted by Gasteiger charge is -2.41. The maximum Gasteiger partial charge on any atom is 0.227 e. The van der Waals surface area contributed by atoms with E-state index in [1.807, 2.05) is 0 Å². The Bertz CT molecular complexity index is 305. The molecule has 2 heterocycles. The molecule has 2 saturated heterocycles. The summed E-state index contributed by atoms with van der Waals surface area (Å²) in [5.74, 6) is 0.619. The lowest BCUT2D eigenvalue weighted by atomic mass is 9.92. The molecule has 20 heavy (non-hydrogen) atoms. The lowest BCUT2D eigenvalue weighted by molar-refractivity contribution is -0.138. The fourth-order valence-electron chi connectivity index (χ4n) is 3.63. The molecular formula is C16H31N3O. The first kappa shape index (κ1) is 15.8. The normalized spacial score (nSPS) is 24.1. The van der Waals surface area contributed by atoms with Gasteiger partial charge < -0.3 is 15.5 Å². The summed E-state index contributed by atoms with van der Waals surface area (Å²) in [5, 5.41) is 0. The summed E-state index contributed by atoms with van der Waals surface area (Å²) in [6, 6.07) is 0.703. The Morgan fingerprint density at radius 1 is 1.10 bits per heavy atom. The van der Waals surface area contributed by atoms with Gasteiger partial charge in [0.25, 0.3) is 0 Å². The molecule has 2 rings (SSSR count). The molecule has 0 aromatic heterocycles. The van der Waals surface area contributed by atoms with Gasteiger partial charge in [0.1, 0.15) is 0 Å².